The molecule has 2 aliphatic rings. The van der Waals surface area contributed by atoms with Crippen molar-refractivity contribution in [3.05, 3.63) is 0 Å². The SMILES string of the molecule is C[C@H](NC(=O)[C@H]1NCCO[C@@H]1C)C(=O)N1CCCCC1.Cl. The molecule has 2 aliphatic heterocycles. The monoisotopic (exact) mass is 319 g/mol. The van der Waals surface area contributed by atoms with Crippen LogP contribution in [-0.2, 0) is 14.3 Å². The molecule has 0 aliphatic carbocycles. The van der Waals surface area contributed by atoms with Gasteiger partial charge in [-0.05, 0) is 33.1 Å². The Morgan fingerprint density at radius 3 is 2.57 bits per heavy atom. The zero-order valence-electron chi connectivity index (χ0n) is 12.8. The number of rotatable bonds is 3. The smallest absolute Gasteiger partial charge is 0.244 e. The molecule has 7 heteroatoms. The number of ether oxygens (including phenoxy) is 1. The standard InChI is InChI=1S/C14H25N3O3.ClH/c1-10(14(19)17-7-4-3-5-8-17)16-13(18)12-11(2)20-9-6-15-12;/h10-12,15H,3-9H2,1-2H3,(H,16,18);1H/t10-,11+,12-;/m0./s1. The van der Waals surface area contributed by atoms with Crippen LogP contribution in [0, 0.1) is 0 Å². The maximum Gasteiger partial charge on any atom is 0.244 e. The Morgan fingerprint density at radius 1 is 1.29 bits per heavy atom. The number of hydrogen-bond acceptors (Lipinski definition) is 4. The van der Waals surface area contributed by atoms with Crippen LogP contribution in [0.25, 0.3) is 0 Å². The van der Waals surface area contributed by atoms with Gasteiger partial charge in [-0.1, -0.05) is 0 Å². The molecular weight excluding hydrogens is 294 g/mol. The number of likely N-dealkylation sites (tertiary alicyclic amines) is 1. The molecule has 2 N–H and O–H groups in total. The number of amides is 2. The fourth-order valence-electron chi connectivity index (χ4n) is 2.78. The minimum atomic E-state index is -0.475. The van der Waals surface area contributed by atoms with Crippen molar-refractivity contribution >= 4 is 24.2 Å². The van der Waals surface area contributed by atoms with Crippen molar-refractivity contribution in [1.29, 1.82) is 0 Å². The Labute approximate surface area is 132 Å². The highest BCUT2D eigenvalue weighted by atomic mass is 35.5. The summed E-state index contributed by atoms with van der Waals surface area (Å²) in [4.78, 5) is 26.3. The number of morpholine rings is 1. The van der Waals surface area contributed by atoms with Crippen molar-refractivity contribution in [3.8, 4) is 0 Å². The first-order chi connectivity index (χ1) is 9.59. The van der Waals surface area contributed by atoms with Crippen LogP contribution in [-0.4, -0.2) is 61.1 Å². The molecular formula is C14H26ClN3O3. The Balaban J connectivity index is 0.00000220. The predicted molar refractivity (Wildman–Crippen MR) is 82.5 cm³/mol. The van der Waals surface area contributed by atoms with E-state index in [1.165, 1.54) is 6.42 Å². The maximum absolute atomic E-state index is 12.3. The van der Waals surface area contributed by atoms with Crippen LogP contribution in [0.5, 0.6) is 0 Å². The van der Waals surface area contributed by atoms with Gasteiger partial charge in [-0.2, -0.15) is 0 Å². The van der Waals surface area contributed by atoms with Gasteiger partial charge in [-0.25, -0.2) is 0 Å². The van der Waals surface area contributed by atoms with E-state index in [9.17, 15) is 9.59 Å². The van der Waals surface area contributed by atoms with Gasteiger partial charge in [0.1, 0.15) is 12.1 Å². The Morgan fingerprint density at radius 2 is 1.95 bits per heavy atom. The lowest BCUT2D eigenvalue weighted by Crippen LogP contribution is -2.58. The second-order valence-corrected chi connectivity index (χ2v) is 5.62. The summed E-state index contributed by atoms with van der Waals surface area (Å²) in [5.74, 6) is -0.141. The fraction of sp³-hybridized carbons (Fsp3) is 0.857. The highest BCUT2D eigenvalue weighted by Gasteiger charge is 2.31. The van der Waals surface area contributed by atoms with Gasteiger partial charge in [0.15, 0.2) is 0 Å². The summed E-state index contributed by atoms with van der Waals surface area (Å²) in [5, 5.41) is 5.93. The third-order valence-electron chi connectivity index (χ3n) is 4.00. The molecule has 0 saturated carbocycles. The van der Waals surface area contributed by atoms with E-state index in [0.29, 0.717) is 13.2 Å². The molecule has 2 fully saturated rings. The average molecular weight is 320 g/mol. The Bertz CT molecular complexity index is 361. The van der Waals surface area contributed by atoms with Gasteiger partial charge in [0.25, 0.3) is 0 Å². The van der Waals surface area contributed by atoms with E-state index in [1.54, 1.807) is 6.92 Å². The van der Waals surface area contributed by atoms with E-state index in [4.69, 9.17) is 4.74 Å². The molecule has 2 rings (SSSR count). The molecule has 2 heterocycles. The molecule has 122 valence electrons. The third-order valence-corrected chi connectivity index (χ3v) is 4.00. The molecule has 0 spiro atoms. The highest BCUT2D eigenvalue weighted by Crippen LogP contribution is 2.10. The largest absolute Gasteiger partial charge is 0.375 e. The van der Waals surface area contributed by atoms with E-state index >= 15 is 0 Å². The number of carbonyl (C=O) groups excluding carboxylic acids is 2. The summed E-state index contributed by atoms with van der Waals surface area (Å²) in [5.41, 5.74) is 0. The first-order valence-corrected chi connectivity index (χ1v) is 7.53. The van der Waals surface area contributed by atoms with Crippen molar-refractivity contribution in [3.63, 3.8) is 0 Å². The number of nitrogens with one attached hydrogen (secondary N) is 2. The molecule has 0 radical (unpaired) electrons. The fourth-order valence-corrected chi connectivity index (χ4v) is 2.78. The average Bonchev–Trinajstić information content (AvgIpc) is 2.47. The second-order valence-electron chi connectivity index (χ2n) is 5.62. The summed E-state index contributed by atoms with van der Waals surface area (Å²) >= 11 is 0. The Hall–Kier alpha value is -0.850. The topological polar surface area (TPSA) is 70.7 Å². The summed E-state index contributed by atoms with van der Waals surface area (Å²) < 4.78 is 5.45. The molecule has 0 bridgehead atoms. The van der Waals surface area contributed by atoms with Crippen LogP contribution in [0.2, 0.25) is 0 Å². The number of carbonyl (C=O) groups is 2. The van der Waals surface area contributed by atoms with Crippen molar-refractivity contribution in [2.24, 2.45) is 0 Å². The molecule has 3 atom stereocenters. The lowest BCUT2D eigenvalue weighted by molar-refractivity contribution is -0.138. The van der Waals surface area contributed by atoms with Gasteiger partial charge in [0, 0.05) is 19.6 Å². The molecule has 0 unspecified atom stereocenters. The quantitative estimate of drug-likeness (QED) is 0.785. The van der Waals surface area contributed by atoms with Crippen molar-refractivity contribution in [2.45, 2.75) is 51.3 Å². The van der Waals surface area contributed by atoms with E-state index in [1.807, 2.05) is 11.8 Å². The van der Waals surface area contributed by atoms with Gasteiger partial charge in [-0.15, -0.1) is 12.4 Å². The first kappa shape index (κ1) is 18.2. The minimum absolute atomic E-state index is 0. The molecule has 6 nitrogen and oxygen atoms in total. The van der Waals surface area contributed by atoms with Crippen LogP contribution in [0.4, 0.5) is 0 Å². The van der Waals surface area contributed by atoms with Crippen LogP contribution in [0.3, 0.4) is 0 Å². The lowest BCUT2D eigenvalue weighted by atomic mass is 10.1. The van der Waals surface area contributed by atoms with Crippen LogP contribution >= 0.6 is 12.4 Å². The number of nitrogens with zero attached hydrogens (tertiary/aromatic N) is 1. The number of piperidine rings is 1. The van der Waals surface area contributed by atoms with Gasteiger partial charge in [0.2, 0.25) is 11.8 Å². The molecule has 2 amide bonds. The molecule has 0 aromatic carbocycles. The molecule has 21 heavy (non-hydrogen) atoms. The lowest BCUT2D eigenvalue weighted by Gasteiger charge is -2.32. The number of hydrogen-bond donors (Lipinski definition) is 2. The summed E-state index contributed by atoms with van der Waals surface area (Å²) in [6.45, 7) is 6.52. The van der Waals surface area contributed by atoms with Gasteiger partial charge in [-0.3, -0.25) is 9.59 Å². The third kappa shape index (κ3) is 4.83. The van der Waals surface area contributed by atoms with Gasteiger partial charge < -0.3 is 20.3 Å². The van der Waals surface area contributed by atoms with E-state index in [-0.39, 0.29) is 36.4 Å². The molecule has 2 saturated heterocycles. The van der Waals surface area contributed by atoms with Crippen LogP contribution in [0.1, 0.15) is 33.1 Å². The Kier molecular flexibility index (Phi) is 7.42. The van der Waals surface area contributed by atoms with E-state index in [2.05, 4.69) is 10.6 Å². The summed E-state index contributed by atoms with van der Waals surface area (Å²) in [6, 6.07) is -0.850. The number of halogens is 1. The summed E-state index contributed by atoms with van der Waals surface area (Å²) in [6.07, 6.45) is 3.13. The minimum Gasteiger partial charge on any atom is -0.375 e. The zero-order chi connectivity index (χ0) is 14.5. The van der Waals surface area contributed by atoms with Crippen LogP contribution < -0.4 is 10.6 Å². The molecule has 0 aromatic rings. The highest BCUT2D eigenvalue weighted by molar-refractivity contribution is 5.89. The second kappa shape index (κ2) is 8.56. The first-order valence-electron chi connectivity index (χ1n) is 7.53. The molecule has 0 aromatic heterocycles. The normalized spacial score (nSPS) is 27.4. The van der Waals surface area contributed by atoms with Gasteiger partial charge >= 0.3 is 0 Å². The van der Waals surface area contributed by atoms with E-state index < -0.39 is 6.04 Å². The van der Waals surface area contributed by atoms with Crippen molar-refractivity contribution in [2.75, 3.05) is 26.2 Å². The maximum atomic E-state index is 12.3. The summed E-state index contributed by atoms with van der Waals surface area (Å²) in [7, 11) is 0. The predicted octanol–water partition coefficient (Wildman–Crippen LogP) is 0.302. The van der Waals surface area contributed by atoms with E-state index in [0.717, 1.165) is 25.9 Å². The van der Waals surface area contributed by atoms with Crippen LogP contribution in [0.15, 0.2) is 0 Å². The van der Waals surface area contributed by atoms with Crippen molar-refractivity contribution < 1.29 is 14.3 Å². The van der Waals surface area contributed by atoms with Crippen molar-refractivity contribution in [1.82, 2.24) is 15.5 Å². The van der Waals surface area contributed by atoms with Gasteiger partial charge in [0.05, 0.1) is 12.7 Å². The zero-order valence-corrected chi connectivity index (χ0v) is 13.6.